The van der Waals surface area contributed by atoms with Crippen molar-refractivity contribution >= 4 is 17.3 Å². The topological polar surface area (TPSA) is 55.1 Å². The second-order valence-electron chi connectivity index (χ2n) is 4.44. The molecule has 1 N–H and O–H groups in total. The van der Waals surface area contributed by atoms with Gasteiger partial charge >= 0.3 is 5.97 Å². The van der Waals surface area contributed by atoms with Gasteiger partial charge in [-0.15, -0.1) is 11.3 Å². The molecule has 0 aliphatic heterocycles. The van der Waals surface area contributed by atoms with E-state index < -0.39 is 5.97 Å². The molecule has 5 heteroatoms. The minimum absolute atomic E-state index is 0.0500. The summed E-state index contributed by atoms with van der Waals surface area (Å²) in [5.41, 5.74) is 4.25. The highest BCUT2D eigenvalue weighted by Gasteiger charge is 2.15. The van der Waals surface area contributed by atoms with E-state index in [1.165, 1.54) is 17.0 Å². The Morgan fingerprint density at radius 3 is 2.61 bits per heavy atom. The molecule has 0 aliphatic rings. The number of aromatic nitrogens is 2. The lowest BCUT2D eigenvalue weighted by atomic mass is 10.2. The van der Waals surface area contributed by atoms with Crippen molar-refractivity contribution in [2.45, 2.75) is 27.2 Å². The van der Waals surface area contributed by atoms with Gasteiger partial charge in [0.15, 0.2) is 0 Å². The van der Waals surface area contributed by atoms with E-state index in [9.17, 15) is 4.79 Å². The number of hydrogen-bond acceptors (Lipinski definition) is 3. The van der Waals surface area contributed by atoms with Crippen molar-refractivity contribution in [1.29, 1.82) is 0 Å². The van der Waals surface area contributed by atoms with Crippen LogP contribution in [-0.4, -0.2) is 20.6 Å². The van der Waals surface area contributed by atoms with Crippen LogP contribution in [0.15, 0.2) is 6.07 Å². The molecule has 96 valence electrons. The Bertz CT molecular complexity index is 611. The largest absolute Gasteiger partial charge is 0.481 e. The Morgan fingerprint density at radius 2 is 2.11 bits per heavy atom. The van der Waals surface area contributed by atoms with Crippen LogP contribution in [-0.2, 0) is 18.3 Å². The van der Waals surface area contributed by atoms with Crippen LogP contribution in [0.5, 0.6) is 0 Å². The van der Waals surface area contributed by atoms with Crippen molar-refractivity contribution in [2.75, 3.05) is 0 Å². The van der Waals surface area contributed by atoms with E-state index >= 15 is 0 Å². The van der Waals surface area contributed by atoms with Gasteiger partial charge in [0.05, 0.1) is 12.1 Å². The van der Waals surface area contributed by atoms with Crippen molar-refractivity contribution in [1.82, 2.24) is 9.55 Å². The molecule has 0 radical (unpaired) electrons. The van der Waals surface area contributed by atoms with E-state index in [-0.39, 0.29) is 6.42 Å². The highest BCUT2D eigenvalue weighted by molar-refractivity contribution is 7.15. The lowest BCUT2D eigenvalue weighted by Gasteiger charge is -1.99. The third-order valence-corrected chi connectivity index (χ3v) is 4.40. The number of carbonyl (C=O) groups is 1. The molecule has 2 rings (SSSR count). The van der Waals surface area contributed by atoms with Gasteiger partial charge in [0.1, 0.15) is 5.01 Å². The molecule has 0 saturated heterocycles. The van der Waals surface area contributed by atoms with Gasteiger partial charge in [0, 0.05) is 28.9 Å². The Kier molecular flexibility index (Phi) is 3.26. The molecule has 4 nitrogen and oxygen atoms in total. The third-order valence-electron chi connectivity index (χ3n) is 3.21. The minimum Gasteiger partial charge on any atom is -0.481 e. The molecule has 2 aromatic rings. The molecule has 0 saturated carbocycles. The van der Waals surface area contributed by atoms with Gasteiger partial charge in [-0.25, -0.2) is 4.98 Å². The molecule has 0 aromatic carbocycles. The van der Waals surface area contributed by atoms with E-state index in [4.69, 9.17) is 5.11 Å². The summed E-state index contributed by atoms with van der Waals surface area (Å²) in [5, 5.41) is 9.76. The molecule has 0 atom stereocenters. The number of aryl methyl sites for hydroxylation is 2. The first-order valence-corrected chi connectivity index (χ1v) is 6.53. The SMILES string of the molecule is Cc1nc(-c2cc(C)n(C)c2C)sc1CC(=O)O. The van der Waals surface area contributed by atoms with Gasteiger partial charge in [-0.3, -0.25) is 4.79 Å². The van der Waals surface area contributed by atoms with Crippen LogP contribution in [0, 0.1) is 20.8 Å². The summed E-state index contributed by atoms with van der Waals surface area (Å²) in [7, 11) is 2.02. The summed E-state index contributed by atoms with van der Waals surface area (Å²) >= 11 is 1.47. The number of carboxylic acids is 1. The number of aliphatic carboxylic acids is 1. The van der Waals surface area contributed by atoms with Crippen LogP contribution in [0.1, 0.15) is 22.0 Å². The fraction of sp³-hybridized carbons (Fsp3) is 0.385. The molecular weight excluding hydrogens is 248 g/mol. The fourth-order valence-corrected chi connectivity index (χ4v) is 3.04. The van der Waals surface area contributed by atoms with E-state index in [0.717, 1.165) is 26.8 Å². The van der Waals surface area contributed by atoms with Crippen molar-refractivity contribution in [3.05, 3.63) is 28.0 Å². The average Bonchev–Trinajstić information content (AvgIpc) is 2.75. The van der Waals surface area contributed by atoms with Gasteiger partial charge in [-0.1, -0.05) is 0 Å². The average molecular weight is 264 g/mol. The highest BCUT2D eigenvalue weighted by atomic mass is 32.1. The number of rotatable bonds is 3. The lowest BCUT2D eigenvalue weighted by molar-refractivity contribution is -0.136. The Hall–Kier alpha value is -1.62. The van der Waals surface area contributed by atoms with Crippen LogP contribution in [0.2, 0.25) is 0 Å². The normalized spacial score (nSPS) is 10.9. The second kappa shape index (κ2) is 4.57. The Labute approximate surface area is 110 Å². The van der Waals surface area contributed by atoms with Gasteiger partial charge < -0.3 is 9.67 Å². The smallest absolute Gasteiger partial charge is 0.308 e. The molecule has 0 unspecified atom stereocenters. The van der Waals surface area contributed by atoms with Gasteiger partial charge in [0.2, 0.25) is 0 Å². The standard InChI is InChI=1S/C13H16N2O2S/c1-7-5-10(9(3)15(7)4)13-14-8(2)11(18-13)6-12(16)17/h5H,6H2,1-4H3,(H,16,17). The first-order chi connectivity index (χ1) is 8.40. The summed E-state index contributed by atoms with van der Waals surface area (Å²) in [4.78, 5) is 16.1. The fourth-order valence-electron chi connectivity index (χ4n) is 1.92. The van der Waals surface area contributed by atoms with Crippen molar-refractivity contribution in [2.24, 2.45) is 7.05 Å². The van der Waals surface area contributed by atoms with Crippen LogP contribution in [0.25, 0.3) is 10.6 Å². The first kappa shape index (κ1) is 12.8. The predicted octanol–water partition coefficient (Wildman–Crippen LogP) is 2.70. The second-order valence-corrected chi connectivity index (χ2v) is 5.53. The zero-order chi connectivity index (χ0) is 13.4. The van der Waals surface area contributed by atoms with Crippen molar-refractivity contribution in [3.63, 3.8) is 0 Å². The lowest BCUT2D eigenvalue weighted by Crippen LogP contribution is -1.99. The van der Waals surface area contributed by atoms with Crippen LogP contribution in [0.4, 0.5) is 0 Å². The summed E-state index contributed by atoms with van der Waals surface area (Å²) < 4.78 is 2.11. The van der Waals surface area contributed by atoms with Crippen molar-refractivity contribution in [3.8, 4) is 10.6 Å². The monoisotopic (exact) mass is 264 g/mol. The molecular formula is C13H16N2O2S. The van der Waals surface area contributed by atoms with Crippen LogP contribution < -0.4 is 0 Å². The zero-order valence-electron chi connectivity index (χ0n) is 10.9. The summed E-state index contributed by atoms with van der Waals surface area (Å²) in [6.45, 7) is 5.97. The predicted molar refractivity (Wildman–Crippen MR) is 72.1 cm³/mol. The molecule has 2 aromatic heterocycles. The molecule has 0 amide bonds. The maximum absolute atomic E-state index is 10.8. The summed E-state index contributed by atoms with van der Waals surface area (Å²) in [6, 6.07) is 2.10. The molecule has 2 heterocycles. The highest BCUT2D eigenvalue weighted by Crippen LogP contribution is 2.32. The van der Waals surface area contributed by atoms with E-state index in [1.807, 2.05) is 14.0 Å². The number of thiazole rings is 1. The Balaban J connectivity index is 2.45. The van der Waals surface area contributed by atoms with Gasteiger partial charge in [-0.05, 0) is 26.8 Å². The summed E-state index contributed by atoms with van der Waals surface area (Å²) in [5.74, 6) is -0.811. The van der Waals surface area contributed by atoms with Crippen LogP contribution >= 0.6 is 11.3 Å². The van der Waals surface area contributed by atoms with E-state index in [2.05, 4.69) is 29.5 Å². The molecule has 18 heavy (non-hydrogen) atoms. The first-order valence-electron chi connectivity index (χ1n) is 5.71. The van der Waals surface area contributed by atoms with E-state index in [1.54, 1.807) is 0 Å². The number of nitrogens with zero attached hydrogens (tertiary/aromatic N) is 2. The molecule has 0 fully saturated rings. The maximum Gasteiger partial charge on any atom is 0.308 e. The summed E-state index contributed by atoms with van der Waals surface area (Å²) in [6.07, 6.45) is 0.0500. The quantitative estimate of drug-likeness (QED) is 0.927. The third kappa shape index (κ3) is 2.18. The van der Waals surface area contributed by atoms with E-state index in [0.29, 0.717) is 0 Å². The number of carboxylic acid groups (broad SMARTS) is 1. The number of hydrogen-bond donors (Lipinski definition) is 1. The zero-order valence-corrected chi connectivity index (χ0v) is 11.8. The maximum atomic E-state index is 10.8. The molecule has 0 spiro atoms. The van der Waals surface area contributed by atoms with Crippen LogP contribution in [0.3, 0.4) is 0 Å². The minimum atomic E-state index is -0.811. The molecule has 0 bridgehead atoms. The van der Waals surface area contributed by atoms with Gasteiger partial charge in [-0.2, -0.15) is 0 Å². The molecule has 0 aliphatic carbocycles. The Morgan fingerprint density at radius 1 is 1.44 bits per heavy atom. The van der Waals surface area contributed by atoms with Crippen molar-refractivity contribution < 1.29 is 9.90 Å². The van der Waals surface area contributed by atoms with Gasteiger partial charge in [0.25, 0.3) is 0 Å².